The number of Topliss-reactive ketones (excluding diaryl/α,β-unsaturated/α-hetero) is 1. The molecule has 0 spiro atoms. The average Bonchev–Trinajstić information content (AvgIpc) is 2.86. The number of amides is 1. The quantitative estimate of drug-likeness (QED) is 0.133. The van der Waals surface area contributed by atoms with Crippen LogP contribution in [0.4, 0.5) is 37.7 Å². The fraction of sp³-hybridized carbons (Fsp3) is 0.286. The molecule has 4 N–H and O–H groups in total. The Hall–Kier alpha value is -4.22. The van der Waals surface area contributed by atoms with Gasteiger partial charge in [-0.1, -0.05) is 38.1 Å². The molecule has 0 saturated carbocycles. The number of aromatic hydroxyl groups is 2. The predicted molar refractivity (Wildman–Crippen MR) is 137 cm³/mol. The molecule has 0 aromatic heterocycles. The highest BCUT2D eigenvalue weighted by atomic mass is 19.4. The van der Waals surface area contributed by atoms with Crippen molar-refractivity contribution in [2.45, 2.75) is 38.5 Å². The first kappa shape index (κ1) is 30.3. The van der Waals surface area contributed by atoms with Gasteiger partial charge in [-0.25, -0.2) is 0 Å². The summed E-state index contributed by atoms with van der Waals surface area (Å²) in [5.74, 6) is -2.78. The topological polar surface area (TPSA) is 98.7 Å². The highest BCUT2D eigenvalue weighted by molar-refractivity contribution is 6.06. The normalized spacial score (nSPS) is 12.3. The van der Waals surface area contributed by atoms with Crippen LogP contribution >= 0.6 is 0 Å². The van der Waals surface area contributed by atoms with Crippen molar-refractivity contribution in [1.82, 2.24) is 0 Å². The van der Waals surface area contributed by atoms with E-state index in [0.717, 1.165) is 6.07 Å². The molecule has 214 valence electrons. The lowest BCUT2D eigenvalue weighted by Crippen LogP contribution is -2.54. The van der Waals surface area contributed by atoms with Gasteiger partial charge in [0.25, 0.3) is 5.91 Å². The Morgan fingerprint density at radius 2 is 1.20 bits per heavy atom. The summed E-state index contributed by atoms with van der Waals surface area (Å²) in [7, 11) is 0. The van der Waals surface area contributed by atoms with Gasteiger partial charge in [0, 0.05) is 23.6 Å². The second-order valence-corrected chi connectivity index (χ2v) is 9.29. The second-order valence-electron chi connectivity index (χ2n) is 9.29. The number of alkyl halides is 6. The SMILES string of the molecule is CCNc1cc(C(c2ccc(O)c(NC(=O)c3ccc(C(=O)C(C)C)cc3)c2)(C(F)(F)F)C(F)(F)F)ccc1O. The van der Waals surface area contributed by atoms with E-state index in [-0.39, 0.29) is 29.5 Å². The van der Waals surface area contributed by atoms with Crippen molar-refractivity contribution in [1.29, 1.82) is 0 Å². The lowest BCUT2D eigenvalue weighted by Gasteiger charge is -2.38. The molecule has 3 aromatic carbocycles. The highest BCUT2D eigenvalue weighted by Crippen LogP contribution is 2.57. The number of phenolic OH excluding ortho intramolecular Hbond substituents is 2. The van der Waals surface area contributed by atoms with E-state index < -0.39 is 52.0 Å². The molecule has 12 heteroatoms. The third-order valence-electron chi connectivity index (χ3n) is 6.28. The van der Waals surface area contributed by atoms with Crippen molar-refractivity contribution >= 4 is 23.1 Å². The lowest BCUT2D eigenvalue weighted by molar-refractivity contribution is -0.288. The summed E-state index contributed by atoms with van der Waals surface area (Å²) in [5, 5.41) is 24.8. The van der Waals surface area contributed by atoms with E-state index >= 15 is 0 Å². The van der Waals surface area contributed by atoms with Crippen LogP contribution in [-0.2, 0) is 5.41 Å². The van der Waals surface area contributed by atoms with Crippen LogP contribution in [0.25, 0.3) is 0 Å². The van der Waals surface area contributed by atoms with Gasteiger partial charge in [-0.05, 0) is 54.4 Å². The van der Waals surface area contributed by atoms with Crippen molar-refractivity contribution in [2.75, 3.05) is 17.2 Å². The van der Waals surface area contributed by atoms with Gasteiger partial charge in [0.1, 0.15) is 11.5 Å². The third-order valence-corrected chi connectivity index (χ3v) is 6.28. The molecule has 0 atom stereocenters. The summed E-state index contributed by atoms with van der Waals surface area (Å²) in [6, 6.07) is 8.54. The maximum Gasteiger partial charge on any atom is 0.411 e. The molecule has 0 aliphatic carbocycles. The summed E-state index contributed by atoms with van der Waals surface area (Å²) in [6.45, 7) is 5.00. The standard InChI is InChI=1S/C28H26F6N2O4/c1-4-35-20-13-18(9-11-22(20)37)26(27(29,30)31,28(32,33)34)19-10-12-23(38)21(14-19)36-25(40)17-7-5-16(6-8-17)24(39)15(2)3/h5-15,35,37-38H,4H2,1-3H3,(H,36,40). The zero-order chi connectivity index (χ0) is 30.0. The minimum Gasteiger partial charge on any atom is -0.506 e. The molecule has 0 aliphatic heterocycles. The molecule has 3 aromatic rings. The smallest absolute Gasteiger partial charge is 0.411 e. The van der Waals surface area contributed by atoms with E-state index in [1.807, 2.05) is 0 Å². The maximum absolute atomic E-state index is 14.6. The summed E-state index contributed by atoms with van der Waals surface area (Å²) in [5.41, 5.74) is -7.96. The minimum absolute atomic E-state index is 0.0585. The van der Waals surface area contributed by atoms with Gasteiger partial charge in [0.05, 0.1) is 11.4 Å². The predicted octanol–water partition coefficient (Wildman–Crippen LogP) is 7.03. The second kappa shape index (κ2) is 11.1. The summed E-state index contributed by atoms with van der Waals surface area (Å²) in [4.78, 5) is 24.9. The first-order valence-corrected chi connectivity index (χ1v) is 12.0. The van der Waals surface area contributed by atoms with E-state index in [4.69, 9.17) is 0 Å². The zero-order valence-electron chi connectivity index (χ0n) is 21.5. The van der Waals surface area contributed by atoms with Crippen LogP contribution in [0.3, 0.4) is 0 Å². The van der Waals surface area contributed by atoms with E-state index in [2.05, 4.69) is 10.6 Å². The van der Waals surface area contributed by atoms with Crippen molar-refractivity contribution < 1.29 is 46.1 Å². The molecule has 6 nitrogen and oxygen atoms in total. The molecule has 0 unspecified atom stereocenters. The van der Waals surface area contributed by atoms with E-state index in [1.165, 1.54) is 31.2 Å². The molecule has 40 heavy (non-hydrogen) atoms. The number of nitrogens with one attached hydrogen (secondary N) is 2. The Kier molecular flexibility index (Phi) is 8.42. The summed E-state index contributed by atoms with van der Waals surface area (Å²) >= 11 is 0. The molecule has 3 rings (SSSR count). The van der Waals surface area contributed by atoms with Gasteiger partial charge >= 0.3 is 12.4 Å². The van der Waals surface area contributed by atoms with Gasteiger partial charge in [-0.3, -0.25) is 9.59 Å². The van der Waals surface area contributed by atoms with Gasteiger partial charge in [0.2, 0.25) is 5.41 Å². The van der Waals surface area contributed by atoms with Crippen molar-refractivity contribution in [2.24, 2.45) is 5.92 Å². The van der Waals surface area contributed by atoms with E-state index in [1.54, 1.807) is 13.8 Å². The molecule has 0 heterocycles. The van der Waals surface area contributed by atoms with Crippen molar-refractivity contribution in [3.8, 4) is 11.5 Å². The fourth-order valence-corrected chi connectivity index (χ4v) is 4.27. The Balaban J connectivity index is 2.14. The zero-order valence-corrected chi connectivity index (χ0v) is 21.5. The number of benzene rings is 3. The van der Waals surface area contributed by atoms with Gasteiger partial charge < -0.3 is 20.8 Å². The fourth-order valence-electron chi connectivity index (χ4n) is 4.27. The molecule has 0 saturated heterocycles. The number of phenols is 2. The summed E-state index contributed by atoms with van der Waals surface area (Å²) < 4.78 is 87.6. The molecule has 0 bridgehead atoms. The monoisotopic (exact) mass is 568 g/mol. The molecular formula is C28H26F6N2O4. The van der Waals surface area contributed by atoms with Crippen LogP contribution in [0.2, 0.25) is 0 Å². The van der Waals surface area contributed by atoms with Crippen LogP contribution in [0.15, 0.2) is 60.7 Å². The first-order chi connectivity index (χ1) is 18.5. The number of hydrogen-bond acceptors (Lipinski definition) is 5. The van der Waals surface area contributed by atoms with Gasteiger partial charge in [-0.15, -0.1) is 0 Å². The van der Waals surface area contributed by atoms with Crippen LogP contribution in [0.5, 0.6) is 11.5 Å². The van der Waals surface area contributed by atoms with E-state index in [9.17, 15) is 46.1 Å². The lowest BCUT2D eigenvalue weighted by atomic mass is 9.72. The minimum atomic E-state index is -5.94. The average molecular weight is 569 g/mol. The Morgan fingerprint density at radius 1 is 0.750 bits per heavy atom. The number of rotatable bonds is 8. The van der Waals surface area contributed by atoms with Crippen LogP contribution in [0, 0.1) is 5.92 Å². The third kappa shape index (κ3) is 5.56. The first-order valence-electron chi connectivity index (χ1n) is 12.0. The van der Waals surface area contributed by atoms with Crippen LogP contribution < -0.4 is 10.6 Å². The number of halogens is 6. The van der Waals surface area contributed by atoms with Crippen LogP contribution in [-0.4, -0.2) is 40.8 Å². The Labute approximate surface area is 225 Å². The molecule has 0 aliphatic rings. The molecule has 1 amide bonds. The van der Waals surface area contributed by atoms with Gasteiger partial charge in [-0.2, -0.15) is 26.3 Å². The number of carbonyl (C=O) groups excluding carboxylic acids is 2. The Morgan fingerprint density at radius 3 is 1.65 bits per heavy atom. The van der Waals surface area contributed by atoms with Crippen molar-refractivity contribution in [3.05, 3.63) is 82.9 Å². The summed E-state index contributed by atoms with van der Waals surface area (Å²) in [6.07, 6.45) is -11.9. The molecule has 0 fully saturated rings. The van der Waals surface area contributed by atoms with Crippen LogP contribution in [0.1, 0.15) is 52.6 Å². The number of anilines is 2. The van der Waals surface area contributed by atoms with E-state index in [0.29, 0.717) is 35.9 Å². The van der Waals surface area contributed by atoms with Crippen molar-refractivity contribution in [3.63, 3.8) is 0 Å². The molecule has 0 radical (unpaired) electrons. The number of ketones is 1. The largest absolute Gasteiger partial charge is 0.506 e. The number of hydrogen-bond donors (Lipinski definition) is 4. The number of carbonyl (C=O) groups is 2. The molecular weight excluding hydrogens is 542 g/mol. The maximum atomic E-state index is 14.6. The highest BCUT2D eigenvalue weighted by Gasteiger charge is 2.72. The Bertz CT molecular complexity index is 1390. The van der Waals surface area contributed by atoms with Gasteiger partial charge in [0.15, 0.2) is 5.78 Å².